The van der Waals surface area contributed by atoms with Gasteiger partial charge in [0.1, 0.15) is 11.6 Å². The Bertz CT molecular complexity index is 1450. The zero-order valence-corrected chi connectivity index (χ0v) is 16.8. The minimum Gasteiger partial charge on any atom is -0.497 e. The highest BCUT2D eigenvalue weighted by atomic mass is 19.2. The Kier molecular flexibility index (Phi) is 5.83. The molecular formula is C27H14F4O. The van der Waals surface area contributed by atoms with Crippen LogP contribution in [-0.2, 0) is 0 Å². The van der Waals surface area contributed by atoms with Crippen LogP contribution in [0, 0.1) is 47.0 Å². The van der Waals surface area contributed by atoms with Gasteiger partial charge < -0.3 is 4.74 Å². The van der Waals surface area contributed by atoms with Gasteiger partial charge in [0.25, 0.3) is 0 Å². The number of fused-ring (bicyclic) bond motifs is 1. The predicted molar refractivity (Wildman–Crippen MR) is 115 cm³/mol. The summed E-state index contributed by atoms with van der Waals surface area (Å²) in [4.78, 5) is 0. The highest BCUT2D eigenvalue weighted by Crippen LogP contribution is 2.24. The van der Waals surface area contributed by atoms with Gasteiger partial charge in [-0.1, -0.05) is 29.7 Å². The Morgan fingerprint density at radius 2 is 1.22 bits per heavy atom. The van der Waals surface area contributed by atoms with Crippen LogP contribution in [0.15, 0.2) is 66.7 Å². The topological polar surface area (TPSA) is 9.23 Å². The van der Waals surface area contributed by atoms with Crippen molar-refractivity contribution in [1.29, 1.82) is 0 Å². The summed E-state index contributed by atoms with van der Waals surface area (Å²) < 4.78 is 59.6. The number of benzene rings is 4. The average molecular weight is 430 g/mol. The smallest absolute Gasteiger partial charge is 0.195 e. The maximum Gasteiger partial charge on any atom is 0.195 e. The van der Waals surface area contributed by atoms with E-state index in [9.17, 15) is 17.6 Å². The Morgan fingerprint density at radius 3 is 1.88 bits per heavy atom. The average Bonchev–Trinajstić information content (AvgIpc) is 2.81. The Hall–Kier alpha value is -4.22. The molecular weight excluding hydrogens is 416 g/mol. The molecule has 1 nitrogen and oxygen atoms in total. The molecule has 0 spiro atoms. The van der Waals surface area contributed by atoms with Gasteiger partial charge >= 0.3 is 0 Å². The normalized spacial score (nSPS) is 10.2. The van der Waals surface area contributed by atoms with E-state index < -0.39 is 23.3 Å². The maximum atomic E-state index is 14.0. The van der Waals surface area contributed by atoms with Gasteiger partial charge in [-0.15, -0.1) is 0 Å². The van der Waals surface area contributed by atoms with Crippen molar-refractivity contribution in [2.45, 2.75) is 0 Å². The molecule has 0 bridgehead atoms. The third kappa shape index (κ3) is 4.43. The molecule has 0 aliphatic rings. The maximum absolute atomic E-state index is 14.0. The number of rotatable bonds is 1. The molecule has 0 heterocycles. The zero-order valence-electron chi connectivity index (χ0n) is 16.8. The molecule has 0 N–H and O–H groups in total. The van der Waals surface area contributed by atoms with Gasteiger partial charge in [0.2, 0.25) is 0 Å². The monoisotopic (exact) mass is 430 g/mol. The lowest BCUT2D eigenvalue weighted by molar-refractivity contribution is 0.411. The van der Waals surface area contributed by atoms with Crippen LogP contribution in [-0.4, -0.2) is 7.11 Å². The predicted octanol–water partition coefficient (Wildman–Crippen LogP) is 6.20. The third-order valence-corrected chi connectivity index (χ3v) is 4.73. The number of hydrogen-bond acceptors (Lipinski definition) is 1. The van der Waals surface area contributed by atoms with E-state index in [4.69, 9.17) is 4.74 Å². The molecule has 0 radical (unpaired) electrons. The third-order valence-electron chi connectivity index (χ3n) is 4.73. The molecule has 0 aliphatic heterocycles. The quantitative estimate of drug-likeness (QED) is 0.198. The van der Waals surface area contributed by atoms with E-state index in [-0.39, 0.29) is 16.3 Å². The van der Waals surface area contributed by atoms with E-state index >= 15 is 0 Å². The fourth-order valence-corrected chi connectivity index (χ4v) is 3.03. The van der Waals surface area contributed by atoms with Crippen molar-refractivity contribution < 1.29 is 22.3 Å². The molecule has 0 saturated heterocycles. The molecule has 4 aromatic carbocycles. The molecule has 32 heavy (non-hydrogen) atoms. The van der Waals surface area contributed by atoms with Crippen molar-refractivity contribution in [3.8, 4) is 29.4 Å². The van der Waals surface area contributed by atoms with Gasteiger partial charge in [0.05, 0.1) is 12.7 Å². The summed E-state index contributed by atoms with van der Waals surface area (Å²) in [6.07, 6.45) is 0. The molecule has 4 rings (SSSR count). The molecule has 0 aliphatic carbocycles. The molecule has 4 aromatic rings. The van der Waals surface area contributed by atoms with Crippen LogP contribution >= 0.6 is 0 Å². The first-order valence-corrected chi connectivity index (χ1v) is 9.49. The van der Waals surface area contributed by atoms with Gasteiger partial charge in [0.15, 0.2) is 17.5 Å². The van der Waals surface area contributed by atoms with Crippen LogP contribution in [0.25, 0.3) is 10.8 Å². The summed E-state index contributed by atoms with van der Waals surface area (Å²) in [5.41, 5.74) is 2.17. The van der Waals surface area contributed by atoms with Gasteiger partial charge in [-0.3, -0.25) is 0 Å². The van der Waals surface area contributed by atoms with Crippen LogP contribution in [0.4, 0.5) is 17.6 Å². The minimum absolute atomic E-state index is 0.00864. The van der Waals surface area contributed by atoms with Crippen LogP contribution in [0.3, 0.4) is 0 Å². The minimum atomic E-state index is -1.49. The standard InChI is InChI=1S/C27H14F4O/c1-32-22-12-11-20(24(28)16-22)10-8-18-4-2-17(3-5-18)6-7-19-9-13-23-21(14-19)15-25(29)27(31)26(23)30/h2-5,9,11-16H,1H3. The summed E-state index contributed by atoms with van der Waals surface area (Å²) >= 11 is 0. The molecule has 0 saturated carbocycles. The van der Waals surface area contributed by atoms with E-state index in [1.807, 2.05) is 0 Å². The van der Waals surface area contributed by atoms with Gasteiger partial charge in [-0.25, -0.2) is 17.6 Å². The zero-order chi connectivity index (χ0) is 22.7. The number of methoxy groups -OCH3 is 1. The van der Waals surface area contributed by atoms with Crippen LogP contribution in [0.1, 0.15) is 22.3 Å². The Balaban J connectivity index is 1.54. The molecule has 0 aromatic heterocycles. The van der Waals surface area contributed by atoms with Gasteiger partial charge in [0, 0.05) is 28.1 Å². The SMILES string of the molecule is COc1ccc(C#Cc2ccc(C#Cc3ccc4c(F)c(F)c(F)cc4c3)cc2)c(F)c1. The second-order valence-corrected chi connectivity index (χ2v) is 6.85. The molecule has 0 amide bonds. The summed E-state index contributed by atoms with van der Waals surface area (Å²) in [7, 11) is 1.46. The Morgan fingerprint density at radius 1 is 0.594 bits per heavy atom. The molecule has 0 atom stereocenters. The first-order valence-electron chi connectivity index (χ1n) is 9.49. The van der Waals surface area contributed by atoms with Crippen molar-refractivity contribution in [2.75, 3.05) is 7.11 Å². The van der Waals surface area contributed by atoms with Crippen molar-refractivity contribution in [3.05, 3.63) is 112 Å². The van der Waals surface area contributed by atoms with E-state index in [0.717, 1.165) is 6.07 Å². The molecule has 156 valence electrons. The highest BCUT2D eigenvalue weighted by Gasteiger charge is 2.13. The second kappa shape index (κ2) is 8.88. The van der Waals surface area contributed by atoms with Gasteiger partial charge in [-0.2, -0.15) is 0 Å². The summed E-state index contributed by atoms with van der Waals surface area (Å²) in [6, 6.07) is 16.8. The summed E-state index contributed by atoms with van der Waals surface area (Å²) in [5, 5.41) is 0.218. The van der Waals surface area contributed by atoms with Gasteiger partial charge in [-0.05, 0) is 60.0 Å². The van der Waals surface area contributed by atoms with Crippen molar-refractivity contribution >= 4 is 10.8 Å². The van der Waals surface area contributed by atoms with Crippen molar-refractivity contribution in [2.24, 2.45) is 0 Å². The van der Waals surface area contributed by atoms with Crippen LogP contribution in [0.2, 0.25) is 0 Å². The van der Waals surface area contributed by atoms with E-state index in [0.29, 0.717) is 22.4 Å². The number of ether oxygens (including phenoxy) is 1. The van der Waals surface area contributed by atoms with E-state index in [2.05, 4.69) is 23.7 Å². The molecule has 0 fully saturated rings. The molecule has 0 unspecified atom stereocenters. The van der Waals surface area contributed by atoms with E-state index in [1.54, 1.807) is 42.5 Å². The number of halogens is 4. The largest absolute Gasteiger partial charge is 0.497 e. The van der Waals surface area contributed by atoms with E-state index in [1.165, 1.54) is 25.3 Å². The van der Waals surface area contributed by atoms with Crippen LogP contribution < -0.4 is 4.74 Å². The van der Waals surface area contributed by atoms with Crippen LogP contribution in [0.5, 0.6) is 5.75 Å². The Labute approximate surface area is 182 Å². The lowest BCUT2D eigenvalue weighted by Crippen LogP contribution is -1.92. The first-order chi connectivity index (χ1) is 15.4. The lowest BCUT2D eigenvalue weighted by Gasteiger charge is -2.02. The lowest BCUT2D eigenvalue weighted by atomic mass is 10.1. The fraction of sp³-hybridized carbons (Fsp3) is 0.0370. The van der Waals surface area contributed by atoms with Crippen molar-refractivity contribution in [1.82, 2.24) is 0 Å². The summed E-state index contributed by atoms with van der Waals surface area (Å²) in [6.45, 7) is 0. The first kappa shape index (κ1) is 21.0. The summed E-state index contributed by atoms with van der Waals surface area (Å²) in [5.74, 6) is 7.56. The number of hydrogen-bond donors (Lipinski definition) is 0. The molecule has 5 heteroatoms. The van der Waals surface area contributed by atoms with Crippen molar-refractivity contribution in [3.63, 3.8) is 0 Å². The fourth-order valence-electron chi connectivity index (χ4n) is 3.03. The highest BCUT2D eigenvalue weighted by molar-refractivity contribution is 5.84. The second-order valence-electron chi connectivity index (χ2n) is 6.85.